The first-order valence-electron chi connectivity index (χ1n) is 10.1. The summed E-state index contributed by atoms with van der Waals surface area (Å²) in [5, 5.41) is 3.79. The van der Waals surface area contributed by atoms with E-state index in [1.54, 1.807) is 42.5 Å². The van der Waals surface area contributed by atoms with Crippen molar-refractivity contribution in [3.8, 4) is 5.75 Å². The molecule has 0 aliphatic carbocycles. The zero-order valence-corrected chi connectivity index (χ0v) is 19.8. The van der Waals surface area contributed by atoms with Crippen LogP contribution in [-0.4, -0.2) is 68.3 Å². The van der Waals surface area contributed by atoms with Crippen LogP contribution in [0.4, 0.5) is 5.13 Å². The van der Waals surface area contributed by atoms with Crippen LogP contribution < -0.4 is 10.1 Å². The number of nitrogens with one attached hydrogen (secondary N) is 1. The Balaban J connectivity index is 1.38. The molecule has 3 aromatic rings. The predicted molar refractivity (Wildman–Crippen MR) is 126 cm³/mol. The summed E-state index contributed by atoms with van der Waals surface area (Å²) >= 11 is 7.08. The smallest absolute Gasteiger partial charge is 0.243 e. The second-order valence-corrected chi connectivity index (χ2v) is 10.9. The number of sulfonamides is 1. The molecule has 32 heavy (non-hydrogen) atoms. The number of aromatic nitrogens is 1. The Labute approximate surface area is 195 Å². The fourth-order valence-corrected chi connectivity index (χ4v) is 5.84. The number of ether oxygens (including phenoxy) is 1. The number of hydrogen-bond acceptors (Lipinski definition) is 7. The number of halogens is 1. The number of carbonyl (C=O) groups excluding carboxylic acids is 1. The van der Waals surface area contributed by atoms with Gasteiger partial charge in [0.25, 0.3) is 0 Å². The van der Waals surface area contributed by atoms with Crippen molar-refractivity contribution in [2.24, 2.45) is 0 Å². The normalized spacial score (nSPS) is 15.7. The van der Waals surface area contributed by atoms with Crippen molar-refractivity contribution in [2.45, 2.75) is 11.3 Å². The monoisotopic (exact) mass is 494 g/mol. The minimum absolute atomic E-state index is 0.154. The molecule has 1 aliphatic heterocycles. The SMILES string of the molecule is CN1CCN(S(=O)(=O)c2ccc3nc(NC(=O)CCOc4ccc(Cl)cc4)sc3c2)CC1. The third kappa shape index (κ3) is 5.38. The van der Waals surface area contributed by atoms with Gasteiger partial charge in [0.15, 0.2) is 5.13 Å². The highest BCUT2D eigenvalue weighted by atomic mass is 35.5. The zero-order chi connectivity index (χ0) is 22.7. The predicted octanol–water partition coefficient (Wildman–Crippen LogP) is 3.29. The molecular weight excluding hydrogens is 472 g/mol. The molecule has 11 heteroatoms. The fraction of sp³-hybridized carbons (Fsp3) is 0.333. The Morgan fingerprint density at radius 2 is 1.88 bits per heavy atom. The maximum absolute atomic E-state index is 13.0. The van der Waals surface area contributed by atoms with Crippen LogP contribution in [0.15, 0.2) is 47.4 Å². The molecule has 0 unspecified atom stereocenters. The van der Waals surface area contributed by atoms with Gasteiger partial charge in [0.2, 0.25) is 15.9 Å². The summed E-state index contributed by atoms with van der Waals surface area (Å²) < 4.78 is 33.7. The fourth-order valence-electron chi connectivity index (χ4n) is 3.27. The van der Waals surface area contributed by atoms with Crippen molar-refractivity contribution < 1.29 is 17.9 Å². The third-order valence-corrected chi connectivity index (χ3v) is 8.20. The quantitative estimate of drug-likeness (QED) is 0.542. The molecule has 2 heterocycles. The van der Waals surface area contributed by atoms with Crippen LogP contribution in [0, 0.1) is 0 Å². The summed E-state index contributed by atoms with van der Waals surface area (Å²) in [5.74, 6) is 0.402. The molecule has 0 radical (unpaired) electrons. The lowest BCUT2D eigenvalue weighted by atomic mass is 10.3. The number of rotatable bonds is 7. The van der Waals surface area contributed by atoms with E-state index in [0.717, 1.165) is 0 Å². The van der Waals surface area contributed by atoms with Crippen LogP contribution in [0.1, 0.15) is 6.42 Å². The lowest BCUT2D eigenvalue weighted by Gasteiger charge is -2.31. The molecule has 1 aliphatic rings. The van der Waals surface area contributed by atoms with E-state index in [1.165, 1.54) is 15.6 Å². The summed E-state index contributed by atoms with van der Waals surface area (Å²) in [7, 11) is -1.58. The minimum Gasteiger partial charge on any atom is -0.493 e. The first-order valence-corrected chi connectivity index (χ1v) is 12.7. The molecule has 1 N–H and O–H groups in total. The number of carbonyl (C=O) groups is 1. The second kappa shape index (κ2) is 9.72. The van der Waals surface area contributed by atoms with Gasteiger partial charge in [0.05, 0.1) is 28.1 Å². The van der Waals surface area contributed by atoms with Crippen molar-refractivity contribution in [2.75, 3.05) is 45.2 Å². The molecule has 1 amide bonds. The molecule has 1 aromatic heterocycles. The average Bonchev–Trinajstić information content (AvgIpc) is 3.17. The van der Waals surface area contributed by atoms with Crippen molar-refractivity contribution in [1.82, 2.24) is 14.2 Å². The first-order chi connectivity index (χ1) is 15.3. The summed E-state index contributed by atoms with van der Waals surface area (Å²) in [6.45, 7) is 2.57. The Morgan fingerprint density at radius 3 is 2.59 bits per heavy atom. The van der Waals surface area contributed by atoms with E-state index in [9.17, 15) is 13.2 Å². The van der Waals surface area contributed by atoms with Crippen molar-refractivity contribution in [3.63, 3.8) is 0 Å². The second-order valence-electron chi connectivity index (χ2n) is 7.46. The van der Waals surface area contributed by atoms with Gasteiger partial charge in [-0.2, -0.15) is 4.31 Å². The van der Waals surface area contributed by atoms with Gasteiger partial charge >= 0.3 is 0 Å². The number of anilines is 1. The van der Waals surface area contributed by atoms with Crippen molar-refractivity contribution >= 4 is 54.2 Å². The van der Waals surface area contributed by atoms with E-state index < -0.39 is 10.0 Å². The summed E-state index contributed by atoms with van der Waals surface area (Å²) in [6, 6.07) is 11.8. The molecule has 0 saturated carbocycles. The van der Waals surface area contributed by atoms with Gasteiger partial charge in [-0.15, -0.1) is 0 Å². The Morgan fingerprint density at radius 1 is 1.16 bits per heavy atom. The largest absolute Gasteiger partial charge is 0.493 e. The standard InChI is InChI=1S/C21H23ClN4O4S2/c1-25-9-11-26(12-10-25)32(28,29)17-6-7-18-19(14-17)31-21(23-18)24-20(27)8-13-30-16-4-2-15(22)3-5-16/h2-7,14H,8-13H2,1H3,(H,23,24,27). The van der Waals surface area contributed by atoms with Crippen LogP contribution >= 0.6 is 22.9 Å². The lowest BCUT2D eigenvalue weighted by Crippen LogP contribution is -2.46. The van der Waals surface area contributed by atoms with Crippen LogP contribution in [0.3, 0.4) is 0 Å². The van der Waals surface area contributed by atoms with E-state index >= 15 is 0 Å². The van der Waals surface area contributed by atoms with Crippen molar-refractivity contribution in [1.29, 1.82) is 0 Å². The first kappa shape index (κ1) is 22.9. The van der Waals surface area contributed by atoms with Gasteiger partial charge in [0, 0.05) is 31.2 Å². The molecule has 8 nitrogen and oxygen atoms in total. The van der Waals surface area contributed by atoms with Crippen LogP contribution in [0.2, 0.25) is 5.02 Å². The van der Waals surface area contributed by atoms with Gasteiger partial charge in [-0.1, -0.05) is 22.9 Å². The highest BCUT2D eigenvalue weighted by Gasteiger charge is 2.27. The van der Waals surface area contributed by atoms with Gasteiger partial charge < -0.3 is 15.0 Å². The van der Waals surface area contributed by atoms with E-state index in [4.69, 9.17) is 16.3 Å². The maximum atomic E-state index is 13.0. The highest BCUT2D eigenvalue weighted by Crippen LogP contribution is 2.29. The zero-order valence-electron chi connectivity index (χ0n) is 17.5. The molecular formula is C21H23ClN4O4S2. The third-order valence-electron chi connectivity index (χ3n) is 5.12. The number of nitrogens with zero attached hydrogens (tertiary/aromatic N) is 3. The number of thiazole rings is 1. The molecule has 4 rings (SSSR count). The van der Waals surface area contributed by atoms with E-state index in [0.29, 0.717) is 52.3 Å². The molecule has 170 valence electrons. The molecule has 2 aromatic carbocycles. The van der Waals surface area contributed by atoms with E-state index in [2.05, 4.69) is 15.2 Å². The Bertz CT molecular complexity index is 1210. The van der Waals surface area contributed by atoms with Gasteiger partial charge in [-0.25, -0.2) is 13.4 Å². The number of piperazine rings is 1. The number of hydrogen-bond donors (Lipinski definition) is 1. The summed E-state index contributed by atoms with van der Waals surface area (Å²) in [5.41, 5.74) is 0.639. The summed E-state index contributed by atoms with van der Waals surface area (Å²) in [6.07, 6.45) is 0.154. The number of likely N-dealkylation sites (N-methyl/N-ethyl adjacent to an activating group) is 1. The molecule has 0 atom stereocenters. The number of fused-ring (bicyclic) bond motifs is 1. The molecule has 1 fully saturated rings. The Kier molecular flexibility index (Phi) is 6.96. The van der Waals surface area contributed by atoms with E-state index in [-0.39, 0.29) is 23.8 Å². The van der Waals surface area contributed by atoms with Gasteiger partial charge in [-0.3, -0.25) is 4.79 Å². The minimum atomic E-state index is -3.56. The van der Waals surface area contributed by atoms with E-state index in [1.807, 2.05) is 7.05 Å². The highest BCUT2D eigenvalue weighted by molar-refractivity contribution is 7.89. The average molecular weight is 495 g/mol. The van der Waals surface area contributed by atoms with Gasteiger partial charge in [0.1, 0.15) is 5.75 Å². The molecule has 1 saturated heterocycles. The molecule has 0 bridgehead atoms. The number of amides is 1. The van der Waals surface area contributed by atoms with Crippen LogP contribution in [0.5, 0.6) is 5.75 Å². The maximum Gasteiger partial charge on any atom is 0.243 e. The van der Waals surface area contributed by atoms with Crippen LogP contribution in [0.25, 0.3) is 10.2 Å². The summed E-state index contributed by atoms with van der Waals surface area (Å²) in [4.78, 5) is 19.0. The van der Waals surface area contributed by atoms with Gasteiger partial charge in [-0.05, 0) is 49.5 Å². The van der Waals surface area contributed by atoms with Crippen LogP contribution in [-0.2, 0) is 14.8 Å². The molecule has 0 spiro atoms. The lowest BCUT2D eigenvalue weighted by molar-refractivity contribution is -0.116. The number of benzene rings is 2. The topological polar surface area (TPSA) is 91.8 Å². The Hall–Kier alpha value is -2.24. The van der Waals surface area contributed by atoms with Crippen molar-refractivity contribution in [3.05, 3.63) is 47.5 Å².